The summed E-state index contributed by atoms with van der Waals surface area (Å²) in [5.41, 5.74) is 5.02. The number of aromatic amines is 1. The van der Waals surface area contributed by atoms with Crippen LogP contribution in [-0.4, -0.2) is 23.0 Å². The molecule has 0 saturated heterocycles. The number of halogens is 1. The highest BCUT2D eigenvalue weighted by atomic mass is 35.5. The molecule has 0 unspecified atom stereocenters. The number of nitrogens with one attached hydrogen (secondary N) is 1. The van der Waals surface area contributed by atoms with Crippen LogP contribution in [0.15, 0.2) is 29.1 Å². The summed E-state index contributed by atoms with van der Waals surface area (Å²) in [6.45, 7) is 0. The van der Waals surface area contributed by atoms with E-state index in [4.69, 9.17) is 17.3 Å². The van der Waals surface area contributed by atoms with Gasteiger partial charge in [-0.15, -0.1) is 0 Å². The molecule has 1 heterocycles. The van der Waals surface area contributed by atoms with Gasteiger partial charge in [0.1, 0.15) is 11.5 Å². The molecule has 98 valence electrons. The SMILES string of the molecule is COC(=O)c1nc(-c2ccc(Cl)cc2)[nH]c(=O)c1N. The number of nitrogen functional groups attached to an aromatic ring is 1. The number of hydrogen-bond donors (Lipinski definition) is 2. The topological polar surface area (TPSA) is 98.1 Å². The fourth-order valence-corrected chi connectivity index (χ4v) is 1.61. The minimum atomic E-state index is -0.765. The van der Waals surface area contributed by atoms with E-state index < -0.39 is 11.5 Å². The number of nitrogens with two attached hydrogens (primary N) is 1. The molecule has 6 nitrogen and oxygen atoms in total. The van der Waals surface area contributed by atoms with Crippen molar-refractivity contribution in [3.8, 4) is 11.4 Å². The molecule has 0 saturated carbocycles. The maximum Gasteiger partial charge on any atom is 0.359 e. The summed E-state index contributed by atoms with van der Waals surface area (Å²) in [5, 5.41) is 0.551. The maximum atomic E-state index is 11.7. The third kappa shape index (κ3) is 2.58. The molecule has 0 spiro atoms. The second kappa shape index (κ2) is 5.11. The molecule has 0 aliphatic heterocycles. The van der Waals surface area contributed by atoms with Crippen molar-refractivity contribution in [1.82, 2.24) is 9.97 Å². The van der Waals surface area contributed by atoms with Crippen molar-refractivity contribution in [2.75, 3.05) is 12.8 Å². The fraction of sp³-hybridized carbons (Fsp3) is 0.0833. The molecule has 1 aromatic heterocycles. The van der Waals surface area contributed by atoms with Crippen molar-refractivity contribution in [3.63, 3.8) is 0 Å². The number of carbonyl (C=O) groups excluding carboxylic acids is 1. The summed E-state index contributed by atoms with van der Waals surface area (Å²) >= 11 is 5.77. The molecule has 3 N–H and O–H groups in total. The van der Waals surface area contributed by atoms with Crippen LogP contribution >= 0.6 is 11.6 Å². The molecule has 2 aromatic rings. The monoisotopic (exact) mass is 279 g/mol. The Morgan fingerprint density at radius 2 is 2.00 bits per heavy atom. The summed E-state index contributed by atoms with van der Waals surface area (Å²) in [4.78, 5) is 29.6. The normalized spacial score (nSPS) is 10.2. The number of esters is 1. The third-order valence-electron chi connectivity index (χ3n) is 2.45. The van der Waals surface area contributed by atoms with E-state index in [2.05, 4.69) is 14.7 Å². The third-order valence-corrected chi connectivity index (χ3v) is 2.70. The van der Waals surface area contributed by atoms with Crippen LogP contribution in [0.25, 0.3) is 11.4 Å². The number of H-pyrrole nitrogens is 1. The maximum absolute atomic E-state index is 11.7. The average Bonchev–Trinajstić information content (AvgIpc) is 2.41. The molecule has 0 amide bonds. The molecule has 0 aliphatic carbocycles. The van der Waals surface area contributed by atoms with Gasteiger partial charge >= 0.3 is 5.97 Å². The lowest BCUT2D eigenvalue weighted by Crippen LogP contribution is -2.21. The van der Waals surface area contributed by atoms with Crippen LogP contribution in [0.2, 0.25) is 5.02 Å². The van der Waals surface area contributed by atoms with Crippen molar-refractivity contribution in [1.29, 1.82) is 0 Å². The number of benzene rings is 1. The number of rotatable bonds is 2. The molecule has 7 heteroatoms. The molecule has 0 radical (unpaired) electrons. The highest BCUT2D eigenvalue weighted by Crippen LogP contribution is 2.18. The van der Waals surface area contributed by atoms with Gasteiger partial charge in [0.15, 0.2) is 5.69 Å². The molecule has 19 heavy (non-hydrogen) atoms. The van der Waals surface area contributed by atoms with E-state index in [9.17, 15) is 9.59 Å². The van der Waals surface area contributed by atoms with Crippen molar-refractivity contribution in [3.05, 3.63) is 45.3 Å². The summed E-state index contributed by atoms with van der Waals surface area (Å²) < 4.78 is 4.53. The highest BCUT2D eigenvalue weighted by Gasteiger charge is 2.17. The van der Waals surface area contributed by atoms with Gasteiger partial charge in [0, 0.05) is 10.6 Å². The van der Waals surface area contributed by atoms with Gasteiger partial charge in [-0.25, -0.2) is 9.78 Å². The van der Waals surface area contributed by atoms with E-state index in [-0.39, 0.29) is 17.2 Å². The van der Waals surface area contributed by atoms with Crippen LogP contribution in [0.1, 0.15) is 10.5 Å². The van der Waals surface area contributed by atoms with Crippen LogP contribution in [0.3, 0.4) is 0 Å². The van der Waals surface area contributed by atoms with Gasteiger partial charge in [-0.2, -0.15) is 0 Å². The number of carbonyl (C=O) groups is 1. The summed E-state index contributed by atoms with van der Waals surface area (Å²) in [7, 11) is 1.19. The number of anilines is 1. The van der Waals surface area contributed by atoms with Crippen LogP contribution in [0.5, 0.6) is 0 Å². The molecule has 0 atom stereocenters. The first-order valence-corrected chi connectivity index (χ1v) is 5.64. The molecular weight excluding hydrogens is 270 g/mol. The summed E-state index contributed by atoms with van der Waals surface area (Å²) in [5.74, 6) is -0.546. The Morgan fingerprint density at radius 3 is 2.58 bits per heavy atom. The predicted molar refractivity (Wildman–Crippen MR) is 71.1 cm³/mol. The van der Waals surface area contributed by atoms with E-state index in [1.807, 2.05) is 0 Å². The molecule has 1 aromatic carbocycles. The minimum absolute atomic E-state index is 0.212. The Hall–Kier alpha value is -2.34. The molecule has 0 fully saturated rings. The number of methoxy groups -OCH3 is 1. The van der Waals surface area contributed by atoms with Crippen LogP contribution in [-0.2, 0) is 4.74 Å². The highest BCUT2D eigenvalue weighted by molar-refractivity contribution is 6.30. The number of hydrogen-bond acceptors (Lipinski definition) is 5. The van der Waals surface area contributed by atoms with Crippen molar-refractivity contribution in [2.24, 2.45) is 0 Å². The standard InChI is InChI=1S/C12H10ClN3O3/c1-19-12(18)9-8(14)11(17)16-10(15-9)6-2-4-7(13)5-3-6/h2-5H,14H2,1H3,(H,15,16,17). The van der Waals surface area contributed by atoms with Crippen molar-refractivity contribution in [2.45, 2.75) is 0 Å². The van der Waals surface area contributed by atoms with E-state index in [0.29, 0.717) is 10.6 Å². The zero-order chi connectivity index (χ0) is 14.0. The van der Waals surface area contributed by atoms with E-state index in [0.717, 1.165) is 0 Å². The van der Waals surface area contributed by atoms with Crippen LogP contribution in [0.4, 0.5) is 5.69 Å². The second-order valence-corrected chi connectivity index (χ2v) is 4.11. The number of aromatic nitrogens is 2. The molecule has 2 rings (SSSR count). The van der Waals surface area contributed by atoms with Crippen LogP contribution in [0, 0.1) is 0 Å². The van der Waals surface area contributed by atoms with Gasteiger partial charge in [-0.3, -0.25) is 4.79 Å². The largest absolute Gasteiger partial charge is 0.464 e. The Bertz CT molecular complexity index is 680. The first kappa shape index (κ1) is 13.1. The van der Waals surface area contributed by atoms with Gasteiger partial charge in [0.05, 0.1) is 7.11 Å². The zero-order valence-corrected chi connectivity index (χ0v) is 10.7. The second-order valence-electron chi connectivity index (χ2n) is 3.68. The molecular formula is C12H10ClN3O3. The Kier molecular flexibility index (Phi) is 3.52. The number of nitrogens with zero attached hydrogens (tertiary/aromatic N) is 1. The average molecular weight is 280 g/mol. The lowest BCUT2D eigenvalue weighted by Gasteiger charge is -2.06. The van der Waals surface area contributed by atoms with Gasteiger partial charge in [0.25, 0.3) is 5.56 Å². The summed E-state index contributed by atoms with van der Waals surface area (Å²) in [6, 6.07) is 6.62. The lowest BCUT2D eigenvalue weighted by molar-refractivity contribution is 0.0595. The number of ether oxygens (including phenoxy) is 1. The molecule has 0 bridgehead atoms. The first-order chi connectivity index (χ1) is 9.02. The predicted octanol–water partition coefficient (Wildman–Crippen LogP) is 1.46. The quantitative estimate of drug-likeness (QED) is 0.811. The first-order valence-electron chi connectivity index (χ1n) is 5.27. The Balaban J connectivity index is 2.59. The van der Waals surface area contributed by atoms with Gasteiger partial charge in [-0.1, -0.05) is 11.6 Å². The van der Waals surface area contributed by atoms with Gasteiger partial charge in [-0.05, 0) is 24.3 Å². The van der Waals surface area contributed by atoms with Crippen LogP contribution < -0.4 is 11.3 Å². The molecule has 0 aliphatic rings. The van der Waals surface area contributed by atoms with Crippen molar-refractivity contribution >= 4 is 23.3 Å². The van der Waals surface area contributed by atoms with Gasteiger partial charge in [0.2, 0.25) is 0 Å². The van der Waals surface area contributed by atoms with E-state index >= 15 is 0 Å². The fourth-order valence-electron chi connectivity index (χ4n) is 1.48. The van der Waals surface area contributed by atoms with E-state index in [1.165, 1.54) is 7.11 Å². The summed E-state index contributed by atoms with van der Waals surface area (Å²) in [6.07, 6.45) is 0. The van der Waals surface area contributed by atoms with Crippen molar-refractivity contribution < 1.29 is 9.53 Å². The smallest absolute Gasteiger partial charge is 0.359 e. The Morgan fingerprint density at radius 1 is 1.37 bits per heavy atom. The lowest BCUT2D eigenvalue weighted by atomic mass is 10.2. The van der Waals surface area contributed by atoms with Gasteiger partial charge < -0.3 is 15.5 Å². The van der Waals surface area contributed by atoms with E-state index in [1.54, 1.807) is 24.3 Å². The Labute approximate surface area is 113 Å². The minimum Gasteiger partial charge on any atom is -0.464 e. The zero-order valence-electron chi connectivity index (χ0n) is 9.94.